The number of halogens is 1. The maximum Gasteiger partial charge on any atom is 0.254 e. The standard InChI is InChI=1S/C21H20ClN3O3/c1-14-10-20(27)25(21(24-14)16-6-8-17(22)9-7-16)13-19(26)23-12-15-4-3-5-18(11-15)28-2/h3-11H,12-13H2,1-2H3,(H,23,26). The molecule has 0 bridgehead atoms. The number of carbonyl (C=O) groups excluding carboxylic acids is 1. The number of nitrogens with one attached hydrogen (secondary N) is 1. The van der Waals surface area contributed by atoms with Crippen LogP contribution in [0.5, 0.6) is 5.75 Å². The quantitative estimate of drug-likeness (QED) is 0.693. The number of rotatable bonds is 6. The second-order valence-corrected chi connectivity index (χ2v) is 6.72. The van der Waals surface area contributed by atoms with Gasteiger partial charge in [-0.2, -0.15) is 0 Å². The Morgan fingerprint density at radius 1 is 1.18 bits per heavy atom. The Bertz CT molecular complexity index is 1050. The molecule has 0 aliphatic heterocycles. The normalized spacial score (nSPS) is 10.5. The first-order valence-electron chi connectivity index (χ1n) is 8.70. The number of methoxy groups -OCH3 is 1. The van der Waals surface area contributed by atoms with E-state index >= 15 is 0 Å². The van der Waals surface area contributed by atoms with E-state index in [2.05, 4.69) is 10.3 Å². The fraction of sp³-hybridized carbons (Fsp3) is 0.190. The van der Waals surface area contributed by atoms with E-state index in [1.807, 2.05) is 24.3 Å². The van der Waals surface area contributed by atoms with Crippen LogP contribution >= 0.6 is 11.6 Å². The first-order chi connectivity index (χ1) is 13.5. The van der Waals surface area contributed by atoms with Crippen LogP contribution in [0.1, 0.15) is 11.3 Å². The monoisotopic (exact) mass is 397 g/mol. The van der Waals surface area contributed by atoms with Gasteiger partial charge < -0.3 is 10.1 Å². The summed E-state index contributed by atoms with van der Waals surface area (Å²) in [7, 11) is 1.59. The number of hydrogen-bond donors (Lipinski definition) is 1. The lowest BCUT2D eigenvalue weighted by Gasteiger charge is -2.13. The van der Waals surface area contributed by atoms with Gasteiger partial charge in [0.1, 0.15) is 18.1 Å². The van der Waals surface area contributed by atoms with Crippen molar-refractivity contribution in [3.8, 4) is 17.1 Å². The third kappa shape index (κ3) is 4.78. The van der Waals surface area contributed by atoms with Gasteiger partial charge in [0, 0.05) is 28.9 Å². The number of nitrogens with zero attached hydrogens (tertiary/aromatic N) is 2. The van der Waals surface area contributed by atoms with Gasteiger partial charge in [0.05, 0.1) is 7.11 Å². The second kappa shape index (κ2) is 8.71. The van der Waals surface area contributed by atoms with E-state index in [-0.39, 0.29) is 18.0 Å². The number of amides is 1. The van der Waals surface area contributed by atoms with Crippen molar-refractivity contribution >= 4 is 17.5 Å². The lowest BCUT2D eigenvalue weighted by atomic mass is 10.2. The molecule has 2 aromatic carbocycles. The molecule has 0 aliphatic carbocycles. The summed E-state index contributed by atoms with van der Waals surface area (Å²) < 4.78 is 6.54. The smallest absolute Gasteiger partial charge is 0.254 e. The van der Waals surface area contributed by atoms with Crippen LogP contribution in [0.15, 0.2) is 59.4 Å². The molecule has 7 heteroatoms. The third-order valence-electron chi connectivity index (χ3n) is 4.16. The Morgan fingerprint density at radius 3 is 2.64 bits per heavy atom. The van der Waals surface area contributed by atoms with Crippen LogP contribution in [0.3, 0.4) is 0 Å². The lowest BCUT2D eigenvalue weighted by molar-refractivity contribution is -0.121. The molecular formula is C21H20ClN3O3. The van der Waals surface area contributed by atoms with Crippen LogP contribution in [0, 0.1) is 6.92 Å². The molecule has 3 rings (SSSR count). The summed E-state index contributed by atoms with van der Waals surface area (Å²) in [4.78, 5) is 29.4. The van der Waals surface area contributed by atoms with Crippen molar-refractivity contribution in [3.05, 3.63) is 81.2 Å². The summed E-state index contributed by atoms with van der Waals surface area (Å²) >= 11 is 5.94. The van der Waals surface area contributed by atoms with E-state index in [1.165, 1.54) is 10.6 Å². The summed E-state index contributed by atoms with van der Waals surface area (Å²) in [5.41, 5.74) is 1.92. The van der Waals surface area contributed by atoms with E-state index in [9.17, 15) is 9.59 Å². The molecule has 1 aromatic heterocycles. The topological polar surface area (TPSA) is 73.2 Å². The molecule has 1 amide bonds. The Labute approximate surface area is 167 Å². The zero-order chi connectivity index (χ0) is 20.1. The largest absolute Gasteiger partial charge is 0.497 e. The van der Waals surface area contributed by atoms with Gasteiger partial charge in [-0.15, -0.1) is 0 Å². The summed E-state index contributed by atoms with van der Waals surface area (Å²) in [6.07, 6.45) is 0. The van der Waals surface area contributed by atoms with Crippen LogP contribution in [0.4, 0.5) is 0 Å². The van der Waals surface area contributed by atoms with Crippen molar-refractivity contribution in [1.29, 1.82) is 0 Å². The van der Waals surface area contributed by atoms with E-state index in [0.717, 1.165) is 11.3 Å². The number of benzene rings is 2. The van der Waals surface area contributed by atoms with Crippen molar-refractivity contribution in [2.45, 2.75) is 20.0 Å². The van der Waals surface area contributed by atoms with Gasteiger partial charge in [0.25, 0.3) is 5.56 Å². The van der Waals surface area contributed by atoms with Crippen molar-refractivity contribution in [2.24, 2.45) is 0 Å². The first-order valence-corrected chi connectivity index (χ1v) is 9.08. The fourth-order valence-electron chi connectivity index (χ4n) is 2.78. The van der Waals surface area contributed by atoms with Crippen LogP contribution < -0.4 is 15.6 Å². The molecule has 0 saturated heterocycles. The van der Waals surface area contributed by atoms with Gasteiger partial charge in [0.15, 0.2) is 0 Å². The van der Waals surface area contributed by atoms with Crippen LogP contribution in [-0.4, -0.2) is 22.6 Å². The summed E-state index contributed by atoms with van der Waals surface area (Å²) in [6.45, 7) is 1.95. The maximum atomic E-state index is 12.5. The number of carbonyl (C=O) groups is 1. The molecule has 0 fully saturated rings. The van der Waals surface area contributed by atoms with Gasteiger partial charge in [-0.3, -0.25) is 14.2 Å². The molecule has 6 nitrogen and oxygen atoms in total. The van der Waals surface area contributed by atoms with Crippen LogP contribution in [0.2, 0.25) is 5.02 Å². The van der Waals surface area contributed by atoms with Gasteiger partial charge in [0.2, 0.25) is 5.91 Å². The van der Waals surface area contributed by atoms with E-state index in [0.29, 0.717) is 28.6 Å². The number of aromatic nitrogens is 2. The van der Waals surface area contributed by atoms with Crippen LogP contribution in [-0.2, 0) is 17.9 Å². The minimum absolute atomic E-state index is 0.131. The minimum atomic E-state index is -0.286. The molecule has 0 saturated carbocycles. The maximum absolute atomic E-state index is 12.5. The number of hydrogen-bond acceptors (Lipinski definition) is 4. The van der Waals surface area contributed by atoms with E-state index < -0.39 is 0 Å². The van der Waals surface area contributed by atoms with Crippen LogP contribution in [0.25, 0.3) is 11.4 Å². The van der Waals surface area contributed by atoms with Gasteiger partial charge >= 0.3 is 0 Å². The molecular weight excluding hydrogens is 378 g/mol. The summed E-state index contributed by atoms with van der Waals surface area (Å²) in [5, 5.41) is 3.41. The van der Waals surface area contributed by atoms with Gasteiger partial charge in [-0.1, -0.05) is 23.7 Å². The van der Waals surface area contributed by atoms with E-state index in [1.54, 1.807) is 38.3 Å². The number of aryl methyl sites for hydroxylation is 1. The Kier molecular flexibility index (Phi) is 6.11. The molecule has 0 unspecified atom stereocenters. The molecule has 28 heavy (non-hydrogen) atoms. The predicted molar refractivity (Wildman–Crippen MR) is 109 cm³/mol. The Morgan fingerprint density at radius 2 is 1.93 bits per heavy atom. The highest BCUT2D eigenvalue weighted by Crippen LogP contribution is 2.19. The Balaban J connectivity index is 1.80. The second-order valence-electron chi connectivity index (χ2n) is 6.28. The molecule has 0 aliphatic rings. The van der Waals surface area contributed by atoms with Crippen molar-refractivity contribution < 1.29 is 9.53 Å². The zero-order valence-electron chi connectivity index (χ0n) is 15.6. The van der Waals surface area contributed by atoms with Crippen molar-refractivity contribution in [3.63, 3.8) is 0 Å². The molecule has 1 heterocycles. The van der Waals surface area contributed by atoms with Crippen molar-refractivity contribution in [2.75, 3.05) is 7.11 Å². The Hall–Kier alpha value is -3.12. The highest BCUT2D eigenvalue weighted by molar-refractivity contribution is 6.30. The molecule has 0 spiro atoms. The molecule has 0 atom stereocenters. The average molecular weight is 398 g/mol. The average Bonchev–Trinajstić information content (AvgIpc) is 2.69. The molecule has 0 radical (unpaired) electrons. The van der Waals surface area contributed by atoms with Gasteiger partial charge in [-0.05, 0) is 48.9 Å². The zero-order valence-corrected chi connectivity index (χ0v) is 16.4. The van der Waals surface area contributed by atoms with Crippen molar-refractivity contribution in [1.82, 2.24) is 14.9 Å². The third-order valence-corrected chi connectivity index (χ3v) is 4.42. The highest BCUT2D eigenvalue weighted by atomic mass is 35.5. The fourth-order valence-corrected chi connectivity index (χ4v) is 2.90. The molecule has 1 N–H and O–H groups in total. The SMILES string of the molecule is COc1cccc(CNC(=O)Cn2c(-c3ccc(Cl)cc3)nc(C)cc2=O)c1. The van der Waals surface area contributed by atoms with Gasteiger partial charge in [-0.25, -0.2) is 4.98 Å². The molecule has 3 aromatic rings. The summed E-state index contributed by atoms with van der Waals surface area (Å²) in [5.74, 6) is 0.861. The first kappa shape index (κ1) is 19.6. The molecule has 144 valence electrons. The highest BCUT2D eigenvalue weighted by Gasteiger charge is 2.13. The minimum Gasteiger partial charge on any atom is -0.497 e. The summed E-state index contributed by atoms with van der Waals surface area (Å²) in [6, 6.07) is 15.8. The number of ether oxygens (including phenoxy) is 1. The predicted octanol–water partition coefficient (Wildman–Crippen LogP) is 3.20. The lowest BCUT2D eigenvalue weighted by Crippen LogP contribution is -2.33. The van der Waals surface area contributed by atoms with E-state index in [4.69, 9.17) is 16.3 Å².